The molecule has 6 heteroatoms. The largest absolute Gasteiger partial charge is 0.493 e. The van der Waals surface area contributed by atoms with Gasteiger partial charge in [-0.2, -0.15) is 0 Å². The van der Waals surface area contributed by atoms with Crippen molar-refractivity contribution in [2.45, 2.75) is 25.8 Å². The average Bonchev–Trinajstić information content (AvgIpc) is 2.35. The molecule has 1 aromatic carbocycles. The molecular weight excluding hydrogens is 270 g/mol. The Morgan fingerprint density at radius 2 is 2.11 bits per heavy atom. The number of aliphatic carboxylic acids is 1. The van der Waals surface area contributed by atoms with E-state index in [9.17, 15) is 4.79 Å². The van der Waals surface area contributed by atoms with Crippen molar-refractivity contribution in [1.82, 2.24) is 0 Å². The number of carboxylic acids is 1. The molecule has 0 aromatic heterocycles. The number of hydrogen-bond acceptors (Lipinski definition) is 4. The van der Waals surface area contributed by atoms with Crippen LogP contribution in [0.3, 0.4) is 0 Å². The van der Waals surface area contributed by atoms with Crippen molar-refractivity contribution >= 4 is 17.6 Å². The molecule has 1 rings (SSSR count). The van der Waals surface area contributed by atoms with Gasteiger partial charge >= 0.3 is 5.97 Å². The lowest BCUT2D eigenvalue weighted by atomic mass is 9.95. The van der Waals surface area contributed by atoms with Gasteiger partial charge in [0.2, 0.25) is 0 Å². The molecule has 0 amide bonds. The molecule has 0 saturated heterocycles. The summed E-state index contributed by atoms with van der Waals surface area (Å²) in [5.41, 5.74) is 7.31. The van der Waals surface area contributed by atoms with Crippen LogP contribution in [0.15, 0.2) is 6.07 Å². The maximum absolute atomic E-state index is 10.8. The highest BCUT2D eigenvalue weighted by Gasteiger charge is 2.23. The molecular formula is C13H18ClNO4. The molecule has 0 spiro atoms. The van der Waals surface area contributed by atoms with Crippen LogP contribution in [0.5, 0.6) is 11.5 Å². The number of benzene rings is 1. The van der Waals surface area contributed by atoms with Crippen LogP contribution >= 0.6 is 11.6 Å². The summed E-state index contributed by atoms with van der Waals surface area (Å²) in [5, 5.41) is 9.24. The number of carbonyl (C=O) groups is 1. The summed E-state index contributed by atoms with van der Waals surface area (Å²) in [5.74, 6) is 0.0845. The zero-order valence-corrected chi connectivity index (χ0v) is 12.0. The molecule has 3 N–H and O–H groups in total. The number of rotatable bonds is 6. The second-order valence-corrected chi connectivity index (χ2v) is 4.45. The van der Waals surface area contributed by atoms with Crippen molar-refractivity contribution in [3.05, 3.63) is 22.2 Å². The van der Waals surface area contributed by atoms with E-state index >= 15 is 0 Å². The van der Waals surface area contributed by atoms with Crippen molar-refractivity contribution in [3.63, 3.8) is 0 Å². The molecule has 106 valence electrons. The van der Waals surface area contributed by atoms with E-state index in [2.05, 4.69) is 0 Å². The Morgan fingerprint density at radius 1 is 1.47 bits per heavy atom. The minimum Gasteiger partial charge on any atom is -0.493 e. The number of hydrogen-bond donors (Lipinski definition) is 2. The molecule has 5 nitrogen and oxygen atoms in total. The van der Waals surface area contributed by atoms with Gasteiger partial charge in [0.15, 0.2) is 11.5 Å². The minimum absolute atomic E-state index is 0.192. The fourth-order valence-corrected chi connectivity index (χ4v) is 2.44. The molecule has 0 fully saturated rings. The van der Waals surface area contributed by atoms with Gasteiger partial charge in [-0.25, -0.2) is 0 Å². The maximum Gasteiger partial charge on any atom is 0.305 e. The number of halogens is 1. The van der Waals surface area contributed by atoms with Crippen LogP contribution in [-0.2, 0) is 11.2 Å². The third kappa shape index (κ3) is 3.30. The first-order valence-corrected chi connectivity index (χ1v) is 6.24. The van der Waals surface area contributed by atoms with Crippen molar-refractivity contribution in [2.75, 3.05) is 14.2 Å². The monoisotopic (exact) mass is 287 g/mol. The Labute approximate surface area is 117 Å². The number of carboxylic acid groups (broad SMARTS) is 1. The third-order valence-corrected chi connectivity index (χ3v) is 3.19. The molecule has 0 aliphatic rings. The molecule has 0 heterocycles. The first kappa shape index (κ1) is 15.6. The number of ether oxygens (including phenoxy) is 2. The zero-order valence-electron chi connectivity index (χ0n) is 11.2. The summed E-state index contributed by atoms with van der Waals surface area (Å²) >= 11 is 6.19. The minimum atomic E-state index is -0.972. The Kier molecular flexibility index (Phi) is 5.44. The summed E-state index contributed by atoms with van der Waals surface area (Å²) in [7, 11) is 3.04. The highest BCUT2D eigenvalue weighted by Crippen LogP contribution is 2.41. The highest BCUT2D eigenvalue weighted by molar-refractivity contribution is 6.31. The van der Waals surface area contributed by atoms with Crippen LogP contribution in [-0.4, -0.2) is 25.3 Å². The highest BCUT2D eigenvalue weighted by atomic mass is 35.5. The van der Waals surface area contributed by atoms with Crippen molar-refractivity contribution < 1.29 is 19.4 Å². The topological polar surface area (TPSA) is 81.8 Å². The summed E-state index contributed by atoms with van der Waals surface area (Å²) in [4.78, 5) is 10.8. The Morgan fingerprint density at radius 3 is 2.53 bits per heavy atom. The molecule has 0 aliphatic carbocycles. The van der Waals surface area contributed by atoms with E-state index in [1.165, 1.54) is 14.2 Å². The van der Waals surface area contributed by atoms with Gasteiger partial charge in [0.1, 0.15) is 0 Å². The predicted octanol–water partition coefficient (Wildman–Crippen LogP) is 2.39. The second kappa shape index (κ2) is 6.63. The molecule has 0 saturated carbocycles. The van der Waals surface area contributed by atoms with Crippen LogP contribution in [0, 0.1) is 0 Å². The smallest absolute Gasteiger partial charge is 0.305 e. The molecule has 1 unspecified atom stereocenters. The molecule has 1 atom stereocenters. The molecule has 1 aromatic rings. The third-order valence-electron chi connectivity index (χ3n) is 2.88. The van der Waals surface area contributed by atoms with E-state index in [1.807, 2.05) is 6.92 Å². The van der Waals surface area contributed by atoms with Crippen LogP contribution < -0.4 is 15.2 Å². The van der Waals surface area contributed by atoms with Crippen LogP contribution in [0.2, 0.25) is 5.02 Å². The SMILES string of the molecule is CCc1c(OC)c(OC)cc(Cl)c1C(N)CC(=O)O. The quantitative estimate of drug-likeness (QED) is 0.839. The lowest BCUT2D eigenvalue weighted by molar-refractivity contribution is -0.137. The predicted molar refractivity (Wildman–Crippen MR) is 73.1 cm³/mol. The van der Waals surface area contributed by atoms with Gasteiger partial charge < -0.3 is 20.3 Å². The molecule has 0 aliphatic heterocycles. The molecule has 0 bridgehead atoms. The summed E-state index contributed by atoms with van der Waals surface area (Å²) < 4.78 is 10.5. The van der Waals surface area contributed by atoms with Crippen molar-refractivity contribution in [1.29, 1.82) is 0 Å². The van der Waals surface area contributed by atoms with Gasteiger partial charge in [-0.05, 0) is 12.0 Å². The first-order chi connectivity index (χ1) is 8.96. The lowest BCUT2D eigenvalue weighted by Gasteiger charge is -2.21. The normalized spacial score (nSPS) is 12.1. The average molecular weight is 288 g/mol. The number of nitrogens with two attached hydrogens (primary N) is 1. The van der Waals surface area contributed by atoms with Gasteiger partial charge in [0, 0.05) is 22.7 Å². The van der Waals surface area contributed by atoms with Crippen LogP contribution in [0.25, 0.3) is 0 Å². The van der Waals surface area contributed by atoms with E-state index in [0.717, 1.165) is 5.56 Å². The summed E-state index contributed by atoms with van der Waals surface area (Å²) in [6, 6.07) is 0.913. The zero-order chi connectivity index (χ0) is 14.6. The fourth-order valence-electron chi connectivity index (χ4n) is 2.09. The Bertz CT molecular complexity index is 476. The van der Waals surface area contributed by atoms with E-state index < -0.39 is 12.0 Å². The molecule has 19 heavy (non-hydrogen) atoms. The van der Waals surface area contributed by atoms with Crippen LogP contribution in [0.1, 0.15) is 30.5 Å². The van der Waals surface area contributed by atoms with Crippen molar-refractivity contribution in [2.24, 2.45) is 5.73 Å². The van der Waals surface area contributed by atoms with E-state index in [0.29, 0.717) is 28.5 Å². The Hall–Kier alpha value is -1.46. The van der Waals surface area contributed by atoms with E-state index in [1.54, 1.807) is 6.07 Å². The lowest BCUT2D eigenvalue weighted by Crippen LogP contribution is -2.18. The number of methoxy groups -OCH3 is 2. The summed E-state index contributed by atoms with van der Waals surface area (Å²) in [6.07, 6.45) is 0.422. The van der Waals surface area contributed by atoms with Gasteiger partial charge in [0.05, 0.1) is 20.6 Å². The van der Waals surface area contributed by atoms with Crippen LogP contribution in [0.4, 0.5) is 0 Å². The van der Waals surface area contributed by atoms with Gasteiger partial charge in [-0.15, -0.1) is 0 Å². The fraction of sp³-hybridized carbons (Fsp3) is 0.462. The standard InChI is InChI=1S/C13H18ClNO4/c1-4-7-12(9(15)6-11(16)17)8(14)5-10(18-2)13(7)19-3/h5,9H,4,6,15H2,1-3H3,(H,16,17). The van der Waals surface area contributed by atoms with Crippen molar-refractivity contribution in [3.8, 4) is 11.5 Å². The van der Waals surface area contributed by atoms with Gasteiger partial charge in [-0.1, -0.05) is 18.5 Å². The van der Waals surface area contributed by atoms with Gasteiger partial charge in [0.25, 0.3) is 0 Å². The maximum atomic E-state index is 10.8. The Balaban J connectivity index is 3.41. The van der Waals surface area contributed by atoms with E-state index in [-0.39, 0.29) is 6.42 Å². The molecule has 0 radical (unpaired) electrons. The second-order valence-electron chi connectivity index (χ2n) is 4.04. The first-order valence-electron chi connectivity index (χ1n) is 5.86. The van der Waals surface area contributed by atoms with E-state index in [4.69, 9.17) is 31.9 Å². The summed E-state index contributed by atoms with van der Waals surface area (Å²) in [6.45, 7) is 1.92. The van der Waals surface area contributed by atoms with Gasteiger partial charge in [-0.3, -0.25) is 4.79 Å².